The lowest BCUT2D eigenvalue weighted by Crippen LogP contribution is -2.42. The first-order chi connectivity index (χ1) is 5.73. The molecule has 0 fully saturated rings. The number of hydrogen-bond acceptors (Lipinski definition) is 2. The van der Waals surface area contributed by atoms with Gasteiger partial charge < -0.3 is 5.32 Å². The molecule has 0 rings (SSSR count). The molecule has 1 N–H and O–H groups in total. The van der Waals surface area contributed by atoms with Crippen LogP contribution in [0.3, 0.4) is 0 Å². The summed E-state index contributed by atoms with van der Waals surface area (Å²) in [4.78, 5) is 20.5. The van der Waals surface area contributed by atoms with Crippen LogP contribution in [0.1, 0.15) is 13.3 Å². The van der Waals surface area contributed by atoms with E-state index in [1.54, 1.807) is 5.32 Å². The van der Waals surface area contributed by atoms with Crippen LogP contribution < -0.4 is 5.32 Å². The van der Waals surface area contributed by atoms with Crippen molar-refractivity contribution in [2.75, 3.05) is 0 Å². The third-order valence-electron chi connectivity index (χ3n) is 1.10. The maximum absolute atomic E-state index is 11.6. The van der Waals surface area contributed by atoms with Crippen molar-refractivity contribution >= 4 is 22.8 Å². The molecule has 1 atom stereocenters. The van der Waals surface area contributed by atoms with E-state index in [0.717, 1.165) is 0 Å². The predicted molar refractivity (Wildman–Crippen MR) is 39.1 cm³/mol. The van der Waals surface area contributed by atoms with Crippen molar-refractivity contribution in [2.24, 2.45) is 0 Å². The lowest BCUT2D eigenvalue weighted by molar-refractivity contribution is -0.174. The van der Waals surface area contributed by atoms with E-state index < -0.39 is 23.4 Å². The molecule has 0 spiro atoms. The normalized spacial score (nSPS) is 13.6. The van der Waals surface area contributed by atoms with Gasteiger partial charge in [0.15, 0.2) is 0 Å². The average Bonchev–Trinajstić information content (AvgIpc) is 1.82. The van der Waals surface area contributed by atoms with E-state index in [4.69, 9.17) is 11.6 Å². The molecular formula is C6H7ClF3NO2. The topological polar surface area (TPSA) is 46.2 Å². The van der Waals surface area contributed by atoms with Gasteiger partial charge >= 0.3 is 12.1 Å². The molecule has 0 aliphatic rings. The average molecular weight is 218 g/mol. The van der Waals surface area contributed by atoms with Crippen molar-refractivity contribution in [2.45, 2.75) is 25.6 Å². The number of hydrogen-bond donors (Lipinski definition) is 1. The first-order valence-electron chi connectivity index (χ1n) is 3.29. The summed E-state index contributed by atoms with van der Waals surface area (Å²) in [5.41, 5.74) is 0. The zero-order valence-electron chi connectivity index (χ0n) is 6.61. The van der Waals surface area contributed by atoms with E-state index in [-0.39, 0.29) is 6.42 Å². The van der Waals surface area contributed by atoms with Crippen molar-refractivity contribution < 1.29 is 22.8 Å². The Kier molecular flexibility index (Phi) is 4.19. The van der Waals surface area contributed by atoms with Gasteiger partial charge in [-0.25, -0.2) is 0 Å². The molecule has 0 aromatic rings. The lowest BCUT2D eigenvalue weighted by Gasteiger charge is -2.12. The van der Waals surface area contributed by atoms with Crippen LogP contribution in [0.2, 0.25) is 0 Å². The van der Waals surface area contributed by atoms with E-state index >= 15 is 0 Å². The molecule has 3 nitrogen and oxygen atoms in total. The Balaban J connectivity index is 4.00. The molecule has 0 aromatic carbocycles. The van der Waals surface area contributed by atoms with Crippen molar-refractivity contribution in [1.29, 1.82) is 0 Å². The maximum atomic E-state index is 11.6. The van der Waals surface area contributed by atoms with Gasteiger partial charge in [-0.15, -0.1) is 0 Å². The smallest absolute Gasteiger partial charge is 0.345 e. The van der Waals surface area contributed by atoms with Crippen LogP contribution in [0, 0.1) is 0 Å². The lowest BCUT2D eigenvalue weighted by atomic mass is 10.2. The van der Waals surface area contributed by atoms with Crippen LogP contribution in [0.15, 0.2) is 0 Å². The van der Waals surface area contributed by atoms with Gasteiger partial charge in [0.25, 0.3) is 0 Å². The number of carbonyl (C=O) groups is 2. The zero-order valence-corrected chi connectivity index (χ0v) is 7.37. The largest absolute Gasteiger partial charge is 0.471 e. The highest BCUT2D eigenvalue weighted by Crippen LogP contribution is 2.14. The second kappa shape index (κ2) is 4.45. The highest BCUT2D eigenvalue weighted by Gasteiger charge is 2.39. The minimum Gasteiger partial charge on any atom is -0.345 e. The Morgan fingerprint density at radius 3 is 2.23 bits per heavy atom. The van der Waals surface area contributed by atoms with Crippen LogP contribution in [-0.2, 0) is 9.59 Å². The summed E-state index contributed by atoms with van der Waals surface area (Å²) in [7, 11) is 0. The van der Waals surface area contributed by atoms with Gasteiger partial charge in [0.2, 0.25) is 5.24 Å². The van der Waals surface area contributed by atoms with E-state index in [1.807, 2.05) is 0 Å². The number of nitrogens with one attached hydrogen (secondary N) is 1. The van der Waals surface area contributed by atoms with E-state index in [9.17, 15) is 22.8 Å². The molecule has 0 heterocycles. The SMILES string of the molecule is CC(CC(=O)Cl)NC(=O)C(F)(F)F. The summed E-state index contributed by atoms with van der Waals surface area (Å²) < 4.78 is 34.9. The summed E-state index contributed by atoms with van der Waals surface area (Å²) >= 11 is 4.90. The van der Waals surface area contributed by atoms with Crippen LogP contribution in [0.25, 0.3) is 0 Å². The van der Waals surface area contributed by atoms with E-state index in [0.29, 0.717) is 0 Å². The van der Waals surface area contributed by atoms with Crippen molar-refractivity contribution in [1.82, 2.24) is 5.32 Å². The standard InChI is InChI=1S/C6H7ClF3NO2/c1-3(2-4(7)12)11-5(13)6(8,9)10/h3H,2H2,1H3,(H,11,13). The Labute approximate surface area is 77.2 Å². The molecule has 13 heavy (non-hydrogen) atoms. The summed E-state index contributed by atoms with van der Waals surface area (Å²) in [5, 5.41) is 0.786. The minimum atomic E-state index is -4.93. The van der Waals surface area contributed by atoms with Gasteiger partial charge in [0, 0.05) is 12.5 Å². The van der Waals surface area contributed by atoms with E-state index in [1.165, 1.54) is 6.92 Å². The van der Waals surface area contributed by atoms with Crippen molar-refractivity contribution in [3.8, 4) is 0 Å². The molecule has 76 valence electrons. The summed E-state index contributed by atoms with van der Waals surface area (Å²) in [6.45, 7) is 1.25. The molecule has 0 aliphatic carbocycles. The Morgan fingerprint density at radius 2 is 1.92 bits per heavy atom. The van der Waals surface area contributed by atoms with Crippen LogP contribution in [-0.4, -0.2) is 23.4 Å². The molecule has 0 bridgehead atoms. The quantitative estimate of drug-likeness (QED) is 0.723. The van der Waals surface area contributed by atoms with Crippen LogP contribution >= 0.6 is 11.6 Å². The number of halogens is 4. The first-order valence-corrected chi connectivity index (χ1v) is 3.67. The molecule has 7 heteroatoms. The monoisotopic (exact) mass is 217 g/mol. The van der Waals surface area contributed by atoms with Crippen molar-refractivity contribution in [3.63, 3.8) is 0 Å². The fraction of sp³-hybridized carbons (Fsp3) is 0.667. The first kappa shape index (κ1) is 12.2. The third kappa shape index (κ3) is 5.46. The highest BCUT2D eigenvalue weighted by molar-refractivity contribution is 6.63. The predicted octanol–water partition coefficient (Wildman–Crippen LogP) is 1.21. The summed E-state index contributed by atoms with van der Waals surface area (Å²) in [6.07, 6.45) is -5.26. The Bertz CT molecular complexity index is 216. The van der Waals surface area contributed by atoms with Gasteiger partial charge in [0.05, 0.1) is 0 Å². The minimum absolute atomic E-state index is 0.330. The summed E-state index contributed by atoms with van der Waals surface area (Å²) in [6, 6.07) is -0.917. The number of carbonyl (C=O) groups excluding carboxylic acids is 2. The molecule has 1 amide bonds. The molecular weight excluding hydrogens is 211 g/mol. The molecule has 0 saturated heterocycles. The maximum Gasteiger partial charge on any atom is 0.471 e. The number of amides is 1. The van der Waals surface area contributed by atoms with Crippen LogP contribution in [0.4, 0.5) is 13.2 Å². The second-order valence-corrected chi connectivity index (χ2v) is 2.85. The second-order valence-electron chi connectivity index (χ2n) is 2.43. The molecule has 0 aromatic heterocycles. The highest BCUT2D eigenvalue weighted by atomic mass is 35.5. The zero-order chi connectivity index (χ0) is 10.6. The van der Waals surface area contributed by atoms with Crippen molar-refractivity contribution in [3.05, 3.63) is 0 Å². The molecule has 0 saturated carbocycles. The van der Waals surface area contributed by atoms with Gasteiger partial charge in [-0.1, -0.05) is 0 Å². The molecule has 0 radical (unpaired) electrons. The van der Waals surface area contributed by atoms with Gasteiger partial charge in [0.1, 0.15) is 0 Å². The Hall–Kier alpha value is -0.780. The number of alkyl halides is 3. The fourth-order valence-electron chi connectivity index (χ4n) is 0.597. The number of rotatable bonds is 3. The third-order valence-corrected chi connectivity index (χ3v) is 1.26. The Morgan fingerprint density at radius 1 is 1.46 bits per heavy atom. The van der Waals surface area contributed by atoms with Gasteiger partial charge in [-0.05, 0) is 18.5 Å². The van der Waals surface area contributed by atoms with Gasteiger partial charge in [-0.3, -0.25) is 9.59 Å². The fourth-order valence-corrected chi connectivity index (χ4v) is 0.829. The van der Waals surface area contributed by atoms with Crippen LogP contribution in [0.5, 0.6) is 0 Å². The summed E-state index contributed by atoms with van der Waals surface area (Å²) in [5.74, 6) is -2.07. The molecule has 0 aliphatic heterocycles. The molecule has 1 unspecified atom stereocenters. The van der Waals surface area contributed by atoms with Gasteiger partial charge in [-0.2, -0.15) is 13.2 Å². The van der Waals surface area contributed by atoms with E-state index in [2.05, 4.69) is 0 Å².